The van der Waals surface area contributed by atoms with Gasteiger partial charge >= 0.3 is 0 Å². The van der Waals surface area contributed by atoms with Crippen LogP contribution in [0, 0.1) is 0 Å². The van der Waals surface area contributed by atoms with Crippen LogP contribution in [0.15, 0.2) is 29.2 Å². The fourth-order valence-electron chi connectivity index (χ4n) is 1.01. The lowest BCUT2D eigenvalue weighted by molar-refractivity contribution is 0.602. The van der Waals surface area contributed by atoms with Gasteiger partial charge in [0.25, 0.3) is 0 Å². The minimum Gasteiger partial charge on any atom is -0.372 e. The largest absolute Gasteiger partial charge is 0.372 e. The first kappa shape index (κ1) is 11.0. The highest BCUT2D eigenvalue weighted by Crippen LogP contribution is 2.13. The van der Waals surface area contributed by atoms with Gasteiger partial charge in [0, 0.05) is 11.9 Å². The summed E-state index contributed by atoms with van der Waals surface area (Å²) in [7, 11) is -1.25. The van der Waals surface area contributed by atoms with E-state index in [1.165, 1.54) is 6.26 Å². The maximum atomic E-state index is 11.1. The molecule has 78 valence electrons. The number of hydrogen-bond donors (Lipinski definition) is 2. The zero-order chi connectivity index (χ0) is 10.6. The van der Waals surface area contributed by atoms with Crippen LogP contribution in [0.3, 0.4) is 0 Å². The van der Waals surface area contributed by atoms with E-state index in [0.29, 0.717) is 11.6 Å². The maximum Gasteiger partial charge on any atom is 0.175 e. The van der Waals surface area contributed by atoms with Crippen LogP contribution in [-0.2, 0) is 9.84 Å². The van der Waals surface area contributed by atoms with Crippen LogP contribution in [0.1, 0.15) is 0 Å². The summed E-state index contributed by atoms with van der Waals surface area (Å²) in [5.74, 6) is 0. The number of anilines is 1. The van der Waals surface area contributed by atoms with Gasteiger partial charge in [0.1, 0.15) is 0 Å². The molecule has 4 nitrogen and oxygen atoms in total. The summed E-state index contributed by atoms with van der Waals surface area (Å²) in [4.78, 5) is 0.340. The molecule has 0 aromatic heterocycles. The van der Waals surface area contributed by atoms with Crippen molar-refractivity contribution in [2.24, 2.45) is 0 Å². The second kappa shape index (κ2) is 4.43. The van der Waals surface area contributed by atoms with E-state index in [1.807, 2.05) is 7.05 Å². The first-order chi connectivity index (χ1) is 6.54. The van der Waals surface area contributed by atoms with Crippen LogP contribution >= 0.6 is 0 Å². The van der Waals surface area contributed by atoms with Crippen molar-refractivity contribution in [2.75, 3.05) is 25.3 Å². The summed E-state index contributed by atoms with van der Waals surface area (Å²) in [5, 5.41) is 6.00. The van der Waals surface area contributed by atoms with Gasteiger partial charge in [0.15, 0.2) is 9.84 Å². The smallest absolute Gasteiger partial charge is 0.175 e. The third kappa shape index (κ3) is 3.01. The quantitative estimate of drug-likeness (QED) is 0.724. The topological polar surface area (TPSA) is 58.2 Å². The molecule has 1 rings (SSSR count). The Balaban J connectivity index is 2.79. The van der Waals surface area contributed by atoms with Crippen molar-refractivity contribution in [2.45, 2.75) is 4.90 Å². The zero-order valence-corrected chi connectivity index (χ0v) is 9.06. The molecule has 1 aromatic carbocycles. The Hall–Kier alpha value is -1.07. The first-order valence-electron chi connectivity index (χ1n) is 4.22. The van der Waals surface area contributed by atoms with Crippen LogP contribution in [0.2, 0.25) is 0 Å². The van der Waals surface area contributed by atoms with Crippen LogP contribution in [0.4, 0.5) is 5.69 Å². The fourth-order valence-corrected chi connectivity index (χ4v) is 1.64. The van der Waals surface area contributed by atoms with Crippen LogP contribution < -0.4 is 10.6 Å². The summed E-state index contributed by atoms with van der Waals surface area (Å²) < 4.78 is 22.3. The second-order valence-electron chi connectivity index (χ2n) is 3.00. The molecule has 0 saturated heterocycles. The van der Waals surface area contributed by atoms with Gasteiger partial charge < -0.3 is 10.6 Å². The first-order valence-corrected chi connectivity index (χ1v) is 6.12. The lowest BCUT2D eigenvalue weighted by Gasteiger charge is -2.05. The zero-order valence-electron chi connectivity index (χ0n) is 8.24. The van der Waals surface area contributed by atoms with Gasteiger partial charge in [-0.2, -0.15) is 0 Å². The molecule has 0 unspecified atom stereocenters. The number of rotatable bonds is 4. The highest BCUT2D eigenvalue weighted by atomic mass is 32.2. The molecule has 0 aliphatic heterocycles. The number of benzene rings is 1. The molecule has 0 atom stereocenters. The minimum atomic E-state index is -3.08. The van der Waals surface area contributed by atoms with Crippen LogP contribution in [-0.4, -0.2) is 28.4 Å². The Kier molecular flexibility index (Phi) is 3.49. The minimum absolute atomic E-state index is 0.340. The van der Waals surface area contributed by atoms with Gasteiger partial charge in [0.05, 0.1) is 11.6 Å². The summed E-state index contributed by atoms with van der Waals surface area (Å²) >= 11 is 0. The molecule has 0 radical (unpaired) electrons. The maximum absolute atomic E-state index is 11.1. The Bertz CT molecular complexity index is 384. The van der Waals surface area contributed by atoms with E-state index < -0.39 is 9.84 Å². The van der Waals surface area contributed by atoms with Crippen molar-refractivity contribution in [3.8, 4) is 0 Å². The molecule has 0 heterocycles. The van der Waals surface area contributed by atoms with Gasteiger partial charge in [-0.1, -0.05) is 0 Å². The second-order valence-corrected chi connectivity index (χ2v) is 5.02. The lowest BCUT2D eigenvalue weighted by atomic mass is 10.3. The standard InChI is InChI=1S/C9H14N2O2S/c1-10-7-11-8-3-5-9(6-4-8)14(2,12)13/h3-6,10-11H,7H2,1-2H3. The van der Waals surface area contributed by atoms with Gasteiger partial charge in [-0.3, -0.25) is 0 Å². The Morgan fingerprint density at radius 1 is 1.21 bits per heavy atom. The monoisotopic (exact) mass is 214 g/mol. The van der Waals surface area contributed by atoms with E-state index in [1.54, 1.807) is 24.3 Å². The average molecular weight is 214 g/mol. The van der Waals surface area contributed by atoms with Crippen LogP contribution in [0.25, 0.3) is 0 Å². The SMILES string of the molecule is CNCNc1ccc(S(C)(=O)=O)cc1. The normalized spacial score (nSPS) is 11.3. The Labute approximate surface area is 84.3 Å². The molecule has 0 fully saturated rings. The van der Waals surface area contributed by atoms with Crippen molar-refractivity contribution < 1.29 is 8.42 Å². The van der Waals surface area contributed by atoms with Gasteiger partial charge in [0.2, 0.25) is 0 Å². The molecule has 1 aromatic rings. The summed E-state index contributed by atoms with van der Waals surface area (Å²) in [6.45, 7) is 0.651. The predicted molar refractivity (Wildman–Crippen MR) is 57.1 cm³/mol. The number of hydrogen-bond acceptors (Lipinski definition) is 4. The molecule has 0 amide bonds. The summed E-state index contributed by atoms with van der Waals surface area (Å²) in [6.07, 6.45) is 1.20. The van der Waals surface area contributed by atoms with E-state index in [2.05, 4.69) is 10.6 Å². The third-order valence-corrected chi connectivity index (χ3v) is 2.88. The van der Waals surface area contributed by atoms with Crippen molar-refractivity contribution in [1.29, 1.82) is 0 Å². The summed E-state index contributed by atoms with van der Waals surface area (Å²) in [6, 6.07) is 6.67. The van der Waals surface area contributed by atoms with Gasteiger partial charge in [-0.05, 0) is 31.3 Å². The van der Waals surface area contributed by atoms with Crippen molar-refractivity contribution in [1.82, 2.24) is 5.32 Å². The molecular formula is C9H14N2O2S. The molecule has 0 saturated carbocycles. The van der Waals surface area contributed by atoms with E-state index in [-0.39, 0.29) is 0 Å². The molecule has 0 bridgehead atoms. The molecule has 0 spiro atoms. The van der Waals surface area contributed by atoms with Crippen LogP contribution in [0.5, 0.6) is 0 Å². The fraction of sp³-hybridized carbons (Fsp3) is 0.333. The third-order valence-electron chi connectivity index (χ3n) is 1.75. The summed E-state index contributed by atoms with van der Waals surface area (Å²) in [5.41, 5.74) is 0.895. The molecule has 5 heteroatoms. The highest BCUT2D eigenvalue weighted by molar-refractivity contribution is 7.90. The Morgan fingerprint density at radius 2 is 1.79 bits per heavy atom. The Morgan fingerprint density at radius 3 is 2.21 bits per heavy atom. The van der Waals surface area contributed by atoms with Crippen molar-refractivity contribution in [3.63, 3.8) is 0 Å². The molecule has 14 heavy (non-hydrogen) atoms. The number of sulfone groups is 1. The van der Waals surface area contributed by atoms with E-state index in [0.717, 1.165) is 5.69 Å². The van der Waals surface area contributed by atoms with E-state index in [4.69, 9.17) is 0 Å². The average Bonchev–Trinajstić information content (AvgIpc) is 2.14. The van der Waals surface area contributed by atoms with E-state index in [9.17, 15) is 8.42 Å². The predicted octanol–water partition coefficient (Wildman–Crippen LogP) is 0.679. The molecule has 2 N–H and O–H groups in total. The molecule has 0 aliphatic rings. The van der Waals surface area contributed by atoms with E-state index >= 15 is 0 Å². The molecular weight excluding hydrogens is 200 g/mol. The molecule has 0 aliphatic carbocycles. The van der Waals surface area contributed by atoms with Gasteiger partial charge in [-0.25, -0.2) is 8.42 Å². The highest BCUT2D eigenvalue weighted by Gasteiger charge is 2.05. The van der Waals surface area contributed by atoms with Gasteiger partial charge in [-0.15, -0.1) is 0 Å². The van der Waals surface area contributed by atoms with Crippen molar-refractivity contribution >= 4 is 15.5 Å². The number of nitrogens with one attached hydrogen (secondary N) is 2. The van der Waals surface area contributed by atoms with Crippen molar-refractivity contribution in [3.05, 3.63) is 24.3 Å². The lowest BCUT2D eigenvalue weighted by Crippen LogP contribution is -2.16.